The van der Waals surface area contributed by atoms with Crippen molar-refractivity contribution in [2.45, 2.75) is 25.7 Å². The molecule has 6 atom stereocenters. The highest BCUT2D eigenvalue weighted by Gasteiger charge is 2.68. The van der Waals surface area contributed by atoms with Crippen molar-refractivity contribution in [3.63, 3.8) is 0 Å². The molecular formula is C14H18O2. The molecule has 3 fully saturated rings. The monoisotopic (exact) mass is 218 g/mol. The first-order valence-electron chi connectivity index (χ1n) is 6.54. The Morgan fingerprint density at radius 1 is 1.38 bits per heavy atom. The summed E-state index contributed by atoms with van der Waals surface area (Å²) in [6, 6.07) is 0. The molecule has 6 unspecified atom stereocenters. The summed E-state index contributed by atoms with van der Waals surface area (Å²) in [4.78, 5) is 12.3. The van der Waals surface area contributed by atoms with Gasteiger partial charge in [0, 0.05) is 0 Å². The van der Waals surface area contributed by atoms with Gasteiger partial charge in [-0.3, -0.25) is 4.79 Å². The molecule has 3 saturated carbocycles. The number of methoxy groups -OCH3 is 1. The predicted molar refractivity (Wildman–Crippen MR) is 59.5 cm³/mol. The van der Waals surface area contributed by atoms with Gasteiger partial charge in [0.05, 0.1) is 12.5 Å². The number of fused-ring (bicyclic) bond motifs is 7. The molecule has 16 heavy (non-hydrogen) atoms. The van der Waals surface area contributed by atoms with Crippen LogP contribution in [0, 0.1) is 35.0 Å². The minimum absolute atomic E-state index is 0.0831. The van der Waals surface area contributed by atoms with Crippen LogP contribution in [0.2, 0.25) is 0 Å². The quantitative estimate of drug-likeness (QED) is 0.499. The van der Waals surface area contributed by atoms with Gasteiger partial charge in [0.2, 0.25) is 0 Å². The summed E-state index contributed by atoms with van der Waals surface area (Å²) in [6.07, 6.45) is 9.59. The number of hydrogen-bond acceptors (Lipinski definition) is 2. The molecule has 0 aromatic heterocycles. The van der Waals surface area contributed by atoms with E-state index in [1.54, 1.807) is 7.11 Å². The second-order valence-corrected chi connectivity index (χ2v) is 6.15. The lowest BCUT2D eigenvalue weighted by atomic mass is 9.61. The summed E-state index contributed by atoms with van der Waals surface area (Å²) >= 11 is 0. The van der Waals surface area contributed by atoms with Crippen molar-refractivity contribution in [2.24, 2.45) is 35.0 Å². The molecule has 0 amide bonds. The lowest BCUT2D eigenvalue weighted by Crippen LogP contribution is -2.46. The van der Waals surface area contributed by atoms with Gasteiger partial charge in [-0.25, -0.2) is 0 Å². The Morgan fingerprint density at radius 2 is 2.25 bits per heavy atom. The van der Waals surface area contributed by atoms with Crippen molar-refractivity contribution in [1.82, 2.24) is 0 Å². The average Bonchev–Trinajstić information content (AvgIpc) is 2.84. The van der Waals surface area contributed by atoms with Gasteiger partial charge in [0.25, 0.3) is 0 Å². The second-order valence-electron chi connectivity index (χ2n) is 6.15. The second kappa shape index (κ2) is 2.72. The summed E-state index contributed by atoms with van der Waals surface area (Å²) in [5.74, 6) is 3.65. The largest absolute Gasteiger partial charge is 0.469 e. The summed E-state index contributed by atoms with van der Waals surface area (Å²) in [5, 5.41) is 0. The molecular weight excluding hydrogens is 200 g/mol. The van der Waals surface area contributed by atoms with Crippen LogP contribution >= 0.6 is 0 Å². The van der Waals surface area contributed by atoms with E-state index in [4.69, 9.17) is 4.74 Å². The molecule has 2 heteroatoms. The minimum Gasteiger partial charge on any atom is -0.469 e. The van der Waals surface area contributed by atoms with Crippen molar-refractivity contribution in [1.29, 1.82) is 0 Å². The number of esters is 1. The molecule has 4 aliphatic carbocycles. The van der Waals surface area contributed by atoms with Gasteiger partial charge < -0.3 is 4.74 Å². The average molecular weight is 218 g/mol. The predicted octanol–water partition coefficient (Wildman–Crippen LogP) is 2.40. The van der Waals surface area contributed by atoms with E-state index in [0.29, 0.717) is 17.8 Å². The first-order valence-corrected chi connectivity index (χ1v) is 6.54. The fourth-order valence-electron chi connectivity index (χ4n) is 5.10. The molecule has 0 aromatic carbocycles. The van der Waals surface area contributed by atoms with E-state index in [1.807, 2.05) is 0 Å². The van der Waals surface area contributed by atoms with Crippen LogP contribution in [0.25, 0.3) is 0 Å². The SMILES string of the molecule is COC(=O)C12CCC3CC3C1C1C=CC2C1. The molecule has 0 heterocycles. The third-order valence-electron chi connectivity index (χ3n) is 5.77. The molecule has 0 N–H and O–H groups in total. The Bertz CT molecular complexity index is 386. The zero-order valence-electron chi connectivity index (χ0n) is 9.69. The minimum atomic E-state index is -0.119. The molecule has 86 valence electrons. The third kappa shape index (κ3) is 0.847. The molecule has 0 aliphatic heterocycles. The lowest BCUT2D eigenvalue weighted by molar-refractivity contribution is -0.161. The summed E-state index contributed by atoms with van der Waals surface area (Å²) < 4.78 is 5.14. The normalized spacial score (nSPS) is 55.7. The third-order valence-corrected chi connectivity index (χ3v) is 5.77. The maximum atomic E-state index is 12.3. The number of rotatable bonds is 1. The highest BCUT2D eigenvalue weighted by Crippen LogP contribution is 2.71. The first kappa shape index (κ1) is 9.26. The zero-order valence-corrected chi connectivity index (χ0v) is 9.69. The highest BCUT2D eigenvalue weighted by molar-refractivity contribution is 5.79. The van der Waals surface area contributed by atoms with Crippen molar-refractivity contribution in [3.05, 3.63) is 12.2 Å². The smallest absolute Gasteiger partial charge is 0.312 e. The van der Waals surface area contributed by atoms with Crippen LogP contribution in [-0.4, -0.2) is 13.1 Å². The number of carbonyl (C=O) groups is 1. The fraction of sp³-hybridized carbons (Fsp3) is 0.786. The Labute approximate surface area is 96.0 Å². The fourth-order valence-corrected chi connectivity index (χ4v) is 5.10. The van der Waals surface area contributed by atoms with Crippen LogP contribution < -0.4 is 0 Å². The highest BCUT2D eigenvalue weighted by atomic mass is 16.5. The number of hydrogen-bond donors (Lipinski definition) is 0. The van der Waals surface area contributed by atoms with E-state index in [-0.39, 0.29) is 11.4 Å². The van der Waals surface area contributed by atoms with Gasteiger partial charge >= 0.3 is 5.97 Å². The lowest BCUT2D eigenvalue weighted by Gasteiger charge is -2.42. The van der Waals surface area contributed by atoms with E-state index in [0.717, 1.165) is 18.3 Å². The zero-order chi connectivity index (χ0) is 10.9. The van der Waals surface area contributed by atoms with Gasteiger partial charge in [-0.15, -0.1) is 0 Å². The molecule has 2 nitrogen and oxygen atoms in total. The molecule has 0 spiro atoms. The van der Waals surface area contributed by atoms with Crippen LogP contribution in [0.5, 0.6) is 0 Å². The topological polar surface area (TPSA) is 26.3 Å². The Hall–Kier alpha value is -0.790. The van der Waals surface area contributed by atoms with Gasteiger partial charge in [-0.05, 0) is 55.3 Å². The number of allylic oxidation sites excluding steroid dienone is 2. The molecule has 2 bridgehead atoms. The summed E-state index contributed by atoms with van der Waals surface area (Å²) in [7, 11) is 1.56. The van der Waals surface area contributed by atoms with Crippen LogP contribution in [0.15, 0.2) is 12.2 Å². The molecule has 4 aliphatic rings. The van der Waals surface area contributed by atoms with E-state index < -0.39 is 0 Å². The maximum absolute atomic E-state index is 12.3. The van der Waals surface area contributed by atoms with Crippen LogP contribution in [0.3, 0.4) is 0 Å². The van der Waals surface area contributed by atoms with Gasteiger partial charge in [-0.1, -0.05) is 12.2 Å². The van der Waals surface area contributed by atoms with E-state index >= 15 is 0 Å². The maximum Gasteiger partial charge on any atom is 0.312 e. The van der Waals surface area contributed by atoms with Gasteiger partial charge in [0.1, 0.15) is 0 Å². The molecule has 0 radical (unpaired) electrons. The molecule has 4 rings (SSSR count). The molecule has 0 saturated heterocycles. The number of ether oxygens (including phenoxy) is 1. The van der Waals surface area contributed by atoms with Crippen molar-refractivity contribution < 1.29 is 9.53 Å². The van der Waals surface area contributed by atoms with Crippen LogP contribution in [0.1, 0.15) is 25.7 Å². The Balaban J connectivity index is 1.81. The van der Waals surface area contributed by atoms with Gasteiger partial charge in [-0.2, -0.15) is 0 Å². The summed E-state index contributed by atoms with van der Waals surface area (Å²) in [6.45, 7) is 0. The number of carbonyl (C=O) groups excluding carboxylic acids is 1. The van der Waals surface area contributed by atoms with Crippen molar-refractivity contribution >= 4 is 5.97 Å². The Kier molecular flexibility index (Phi) is 1.57. The first-order chi connectivity index (χ1) is 7.77. The molecule has 0 aromatic rings. The van der Waals surface area contributed by atoms with Crippen molar-refractivity contribution in [3.8, 4) is 0 Å². The van der Waals surface area contributed by atoms with Crippen molar-refractivity contribution in [2.75, 3.05) is 7.11 Å². The van der Waals surface area contributed by atoms with E-state index in [1.165, 1.54) is 19.3 Å². The van der Waals surface area contributed by atoms with Crippen LogP contribution in [-0.2, 0) is 9.53 Å². The van der Waals surface area contributed by atoms with E-state index in [9.17, 15) is 4.79 Å². The van der Waals surface area contributed by atoms with E-state index in [2.05, 4.69) is 12.2 Å². The van der Waals surface area contributed by atoms with Gasteiger partial charge in [0.15, 0.2) is 0 Å². The standard InChI is InChI=1S/C14H18O2/c1-16-13(15)14-5-4-8-7-11(8)12(14)9-2-3-10(14)6-9/h2-3,8-12H,4-7H2,1H3. The van der Waals surface area contributed by atoms with Crippen LogP contribution in [0.4, 0.5) is 0 Å². The summed E-state index contributed by atoms with van der Waals surface area (Å²) in [5.41, 5.74) is -0.119. The Morgan fingerprint density at radius 3 is 3.06 bits per heavy atom.